The Morgan fingerprint density at radius 3 is 1.92 bits per heavy atom. The highest BCUT2D eigenvalue weighted by atomic mass is 32.2. The molecule has 3 heteroatoms. The average Bonchev–Trinajstić information content (AvgIpc) is 2.45. The van der Waals surface area contributed by atoms with E-state index in [9.17, 15) is 10.2 Å². The molecule has 0 atom stereocenters. The van der Waals surface area contributed by atoms with Crippen LogP contribution in [0.4, 0.5) is 0 Å². The fourth-order valence-corrected chi connectivity index (χ4v) is 4.17. The van der Waals surface area contributed by atoms with E-state index in [1.165, 1.54) is 11.8 Å². The Bertz CT molecular complexity index is 771. The minimum atomic E-state index is -0.136. The van der Waals surface area contributed by atoms with Crippen molar-refractivity contribution >= 4 is 11.8 Å². The smallest absolute Gasteiger partial charge is 0.133 e. The van der Waals surface area contributed by atoms with E-state index in [4.69, 9.17) is 0 Å². The Kier molecular flexibility index (Phi) is 5.78. The summed E-state index contributed by atoms with van der Waals surface area (Å²) in [6.07, 6.45) is 0.841. The zero-order valence-electron chi connectivity index (χ0n) is 16.4. The van der Waals surface area contributed by atoms with Gasteiger partial charge in [-0.3, -0.25) is 0 Å². The zero-order valence-corrected chi connectivity index (χ0v) is 17.2. The topological polar surface area (TPSA) is 40.5 Å². The van der Waals surface area contributed by atoms with Gasteiger partial charge in [0.1, 0.15) is 11.5 Å². The molecule has 2 aromatic carbocycles. The lowest BCUT2D eigenvalue weighted by Gasteiger charge is -2.23. The molecule has 0 heterocycles. The van der Waals surface area contributed by atoms with E-state index in [-0.39, 0.29) is 5.41 Å². The zero-order chi connectivity index (χ0) is 18.9. The third-order valence-electron chi connectivity index (χ3n) is 4.17. The van der Waals surface area contributed by atoms with Gasteiger partial charge in [-0.1, -0.05) is 58.5 Å². The Balaban J connectivity index is 2.50. The number of phenols is 2. The number of aromatic hydroxyl groups is 2. The SMILES string of the molecule is Cc1cc(CC(C)C)c(O)c(Sc2cc(C)cc(C(C)(C)C)c2O)c1. The van der Waals surface area contributed by atoms with Gasteiger partial charge >= 0.3 is 0 Å². The number of rotatable bonds is 4. The van der Waals surface area contributed by atoms with Gasteiger partial charge in [-0.05, 0) is 60.4 Å². The van der Waals surface area contributed by atoms with Crippen LogP contribution in [0.5, 0.6) is 11.5 Å². The van der Waals surface area contributed by atoms with Crippen molar-refractivity contribution in [3.8, 4) is 11.5 Å². The van der Waals surface area contributed by atoms with Crippen LogP contribution in [0.2, 0.25) is 0 Å². The molecule has 0 saturated heterocycles. The maximum Gasteiger partial charge on any atom is 0.133 e. The van der Waals surface area contributed by atoms with Crippen molar-refractivity contribution in [2.45, 2.75) is 70.1 Å². The Morgan fingerprint density at radius 1 is 0.880 bits per heavy atom. The second-order valence-corrected chi connectivity index (χ2v) is 9.46. The standard InChI is InChI=1S/C22H30O2S/c1-13(2)8-16-9-14(3)11-18(20(16)23)25-19-12-15(4)10-17(21(19)24)22(5,6)7/h9-13,23-24H,8H2,1-7H3. The first kappa shape index (κ1) is 19.7. The highest BCUT2D eigenvalue weighted by Gasteiger charge is 2.22. The van der Waals surface area contributed by atoms with Crippen molar-refractivity contribution < 1.29 is 10.2 Å². The molecule has 0 bridgehead atoms. The summed E-state index contributed by atoms with van der Waals surface area (Å²) in [7, 11) is 0. The van der Waals surface area contributed by atoms with Crippen LogP contribution >= 0.6 is 11.8 Å². The van der Waals surface area contributed by atoms with Gasteiger partial charge in [0, 0.05) is 5.56 Å². The highest BCUT2D eigenvalue weighted by molar-refractivity contribution is 7.99. The summed E-state index contributed by atoms with van der Waals surface area (Å²) in [5, 5.41) is 21.5. The number of phenolic OH excluding ortho intramolecular Hbond substituents is 2. The van der Waals surface area contributed by atoms with Crippen molar-refractivity contribution in [3.05, 3.63) is 46.5 Å². The first-order valence-electron chi connectivity index (χ1n) is 8.83. The minimum absolute atomic E-state index is 0.136. The molecule has 2 aromatic rings. The largest absolute Gasteiger partial charge is 0.506 e. The van der Waals surface area contributed by atoms with E-state index in [0.29, 0.717) is 17.4 Å². The third kappa shape index (κ3) is 4.72. The predicted molar refractivity (Wildman–Crippen MR) is 107 cm³/mol. The number of hydrogen-bond donors (Lipinski definition) is 2. The van der Waals surface area contributed by atoms with E-state index in [2.05, 4.69) is 40.7 Å². The predicted octanol–water partition coefficient (Wildman–Crippen LogP) is 6.36. The van der Waals surface area contributed by atoms with Crippen LogP contribution in [0, 0.1) is 19.8 Å². The normalized spacial score (nSPS) is 12.0. The van der Waals surface area contributed by atoms with E-state index in [0.717, 1.165) is 38.5 Å². The van der Waals surface area contributed by atoms with Gasteiger partial charge in [-0.2, -0.15) is 0 Å². The molecule has 25 heavy (non-hydrogen) atoms. The van der Waals surface area contributed by atoms with Crippen molar-refractivity contribution in [1.29, 1.82) is 0 Å². The third-order valence-corrected chi connectivity index (χ3v) is 5.24. The van der Waals surface area contributed by atoms with Gasteiger partial charge in [-0.25, -0.2) is 0 Å². The molecule has 2 nitrogen and oxygen atoms in total. The van der Waals surface area contributed by atoms with Gasteiger partial charge in [0.2, 0.25) is 0 Å². The molecule has 0 aliphatic rings. The molecule has 0 radical (unpaired) electrons. The molecule has 0 spiro atoms. The lowest BCUT2D eigenvalue weighted by Crippen LogP contribution is -2.12. The van der Waals surface area contributed by atoms with Crippen molar-refractivity contribution in [1.82, 2.24) is 0 Å². The lowest BCUT2D eigenvalue weighted by atomic mass is 9.85. The maximum atomic E-state index is 10.8. The number of hydrogen-bond acceptors (Lipinski definition) is 3. The minimum Gasteiger partial charge on any atom is -0.506 e. The molecule has 0 aliphatic heterocycles. The van der Waals surface area contributed by atoms with Crippen molar-refractivity contribution in [3.63, 3.8) is 0 Å². The molecule has 0 amide bonds. The molecular formula is C22H30O2S. The summed E-state index contributed by atoms with van der Waals surface area (Å²) in [5.74, 6) is 1.13. The Labute approximate surface area is 156 Å². The van der Waals surface area contributed by atoms with E-state index in [1.54, 1.807) is 0 Å². The fraction of sp³-hybridized carbons (Fsp3) is 0.455. The summed E-state index contributed by atoms with van der Waals surface area (Å²) in [6, 6.07) is 8.07. The summed E-state index contributed by atoms with van der Waals surface area (Å²) in [4.78, 5) is 1.60. The lowest BCUT2D eigenvalue weighted by molar-refractivity contribution is 0.434. The van der Waals surface area contributed by atoms with Crippen LogP contribution in [0.15, 0.2) is 34.1 Å². The number of benzene rings is 2. The van der Waals surface area contributed by atoms with E-state index < -0.39 is 0 Å². The van der Waals surface area contributed by atoms with Crippen molar-refractivity contribution in [2.75, 3.05) is 0 Å². The van der Waals surface area contributed by atoms with Crippen LogP contribution in [0.25, 0.3) is 0 Å². The van der Waals surface area contributed by atoms with E-state index in [1.807, 2.05) is 32.0 Å². The molecule has 2 rings (SSSR count). The quantitative estimate of drug-likeness (QED) is 0.668. The van der Waals surface area contributed by atoms with Gasteiger partial charge in [0.15, 0.2) is 0 Å². The average molecular weight is 359 g/mol. The first-order valence-corrected chi connectivity index (χ1v) is 9.65. The summed E-state index contributed by atoms with van der Waals surface area (Å²) >= 11 is 1.44. The van der Waals surface area contributed by atoms with Crippen molar-refractivity contribution in [2.24, 2.45) is 5.92 Å². The van der Waals surface area contributed by atoms with Gasteiger partial charge < -0.3 is 10.2 Å². The Hall–Kier alpha value is -1.61. The van der Waals surface area contributed by atoms with E-state index >= 15 is 0 Å². The molecule has 2 N–H and O–H groups in total. The summed E-state index contributed by atoms with van der Waals surface area (Å²) in [6.45, 7) is 14.7. The van der Waals surface area contributed by atoms with Gasteiger partial charge in [0.25, 0.3) is 0 Å². The second-order valence-electron chi connectivity index (χ2n) is 8.38. The highest BCUT2D eigenvalue weighted by Crippen LogP contribution is 2.45. The molecule has 0 saturated carbocycles. The fourth-order valence-electron chi connectivity index (χ4n) is 3.01. The number of aryl methyl sites for hydroxylation is 2. The van der Waals surface area contributed by atoms with Crippen LogP contribution in [0.1, 0.15) is 56.9 Å². The first-order chi connectivity index (χ1) is 11.5. The Morgan fingerprint density at radius 2 is 1.40 bits per heavy atom. The van der Waals surface area contributed by atoms with Crippen LogP contribution in [-0.2, 0) is 11.8 Å². The molecule has 0 aliphatic carbocycles. The van der Waals surface area contributed by atoms with Crippen LogP contribution in [0.3, 0.4) is 0 Å². The monoisotopic (exact) mass is 358 g/mol. The van der Waals surface area contributed by atoms with Gasteiger partial charge in [0.05, 0.1) is 9.79 Å². The van der Waals surface area contributed by atoms with Crippen LogP contribution in [-0.4, -0.2) is 10.2 Å². The summed E-state index contributed by atoms with van der Waals surface area (Å²) in [5.41, 5.74) is 4.01. The van der Waals surface area contributed by atoms with Gasteiger partial charge in [-0.15, -0.1) is 0 Å². The van der Waals surface area contributed by atoms with Crippen LogP contribution < -0.4 is 0 Å². The second kappa shape index (κ2) is 7.33. The molecular weight excluding hydrogens is 328 g/mol. The molecule has 0 unspecified atom stereocenters. The molecule has 0 aromatic heterocycles. The maximum absolute atomic E-state index is 10.8. The molecule has 136 valence electrons. The molecule has 0 fully saturated rings. The summed E-state index contributed by atoms with van der Waals surface area (Å²) < 4.78 is 0.